The van der Waals surface area contributed by atoms with Crippen LogP contribution < -0.4 is 4.74 Å². The fourth-order valence-electron chi connectivity index (χ4n) is 3.25. The SMILES string of the molecule is Cc1ccccc1OCCCC(=O)N1CCN(C(=O)c2cccc(Cl)c2)CC1. The van der Waals surface area contributed by atoms with E-state index < -0.39 is 0 Å². The maximum atomic E-state index is 12.5. The zero-order valence-electron chi connectivity index (χ0n) is 16.1. The molecule has 2 aromatic rings. The van der Waals surface area contributed by atoms with Gasteiger partial charge in [0.05, 0.1) is 6.61 Å². The zero-order chi connectivity index (χ0) is 19.9. The molecule has 2 aromatic carbocycles. The van der Waals surface area contributed by atoms with Crippen LogP contribution in [-0.2, 0) is 4.79 Å². The number of hydrogen-bond donors (Lipinski definition) is 0. The van der Waals surface area contributed by atoms with E-state index in [1.807, 2.05) is 36.1 Å². The average molecular weight is 401 g/mol. The topological polar surface area (TPSA) is 49.9 Å². The van der Waals surface area contributed by atoms with E-state index in [2.05, 4.69) is 0 Å². The van der Waals surface area contributed by atoms with E-state index in [0.717, 1.165) is 11.3 Å². The quantitative estimate of drug-likeness (QED) is 0.693. The Kier molecular flexibility index (Phi) is 6.93. The second-order valence-corrected chi connectivity index (χ2v) is 7.34. The first-order valence-electron chi connectivity index (χ1n) is 9.55. The summed E-state index contributed by atoms with van der Waals surface area (Å²) in [5, 5.41) is 0.549. The van der Waals surface area contributed by atoms with Crippen molar-refractivity contribution in [2.24, 2.45) is 0 Å². The van der Waals surface area contributed by atoms with E-state index in [9.17, 15) is 9.59 Å². The summed E-state index contributed by atoms with van der Waals surface area (Å²) < 4.78 is 5.75. The molecule has 3 rings (SSSR count). The maximum Gasteiger partial charge on any atom is 0.254 e. The number of nitrogens with zero attached hydrogens (tertiary/aromatic N) is 2. The van der Waals surface area contributed by atoms with Crippen molar-refractivity contribution in [2.75, 3.05) is 32.8 Å². The third-order valence-corrected chi connectivity index (χ3v) is 5.11. The van der Waals surface area contributed by atoms with Crippen LogP contribution in [0.1, 0.15) is 28.8 Å². The van der Waals surface area contributed by atoms with Crippen molar-refractivity contribution in [3.05, 3.63) is 64.7 Å². The zero-order valence-corrected chi connectivity index (χ0v) is 16.8. The third kappa shape index (κ3) is 5.26. The first-order chi connectivity index (χ1) is 13.5. The molecule has 2 amide bonds. The lowest BCUT2D eigenvalue weighted by atomic mass is 10.1. The predicted octanol–water partition coefficient (Wildman–Crippen LogP) is 3.79. The first-order valence-corrected chi connectivity index (χ1v) is 9.93. The van der Waals surface area contributed by atoms with Gasteiger partial charge >= 0.3 is 0 Å². The van der Waals surface area contributed by atoms with Gasteiger partial charge in [0, 0.05) is 43.2 Å². The van der Waals surface area contributed by atoms with E-state index in [1.54, 1.807) is 29.2 Å². The highest BCUT2D eigenvalue weighted by Crippen LogP contribution is 2.17. The van der Waals surface area contributed by atoms with Gasteiger partial charge in [-0.3, -0.25) is 9.59 Å². The number of carbonyl (C=O) groups is 2. The number of carbonyl (C=O) groups excluding carboxylic acids is 2. The molecular weight excluding hydrogens is 376 g/mol. The van der Waals surface area contributed by atoms with Gasteiger partial charge in [-0.2, -0.15) is 0 Å². The molecule has 0 unspecified atom stereocenters. The third-order valence-electron chi connectivity index (χ3n) is 4.88. The Morgan fingerprint density at radius 3 is 2.43 bits per heavy atom. The molecule has 0 radical (unpaired) electrons. The monoisotopic (exact) mass is 400 g/mol. The summed E-state index contributed by atoms with van der Waals surface area (Å²) >= 11 is 5.97. The van der Waals surface area contributed by atoms with E-state index >= 15 is 0 Å². The minimum atomic E-state index is -0.0405. The molecule has 0 N–H and O–H groups in total. The molecule has 148 valence electrons. The van der Waals surface area contributed by atoms with Crippen LogP contribution in [0, 0.1) is 6.92 Å². The molecule has 0 spiro atoms. The Hall–Kier alpha value is -2.53. The van der Waals surface area contributed by atoms with Crippen LogP contribution >= 0.6 is 11.6 Å². The maximum absolute atomic E-state index is 12.5. The largest absolute Gasteiger partial charge is 0.493 e. The normalized spacial score (nSPS) is 14.1. The Morgan fingerprint density at radius 1 is 1.00 bits per heavy atom. The Labute approximate surface area is 170 Å². The standard InChI is InChI=1S/C22H25ClN2O3/c1-17-6-2-3-9-20(17)28-15-5-10-21(26)24-11-13-25(14-12-24)22(27)18-7-4-8-19(23)16-18/h2-4,6-9,16H,5,10-15H2,1H3. The number of rotatable bonds is 6. The summed E-state index contributed by atoms with van der Waals surface area (Å²) in [6, 6.07) is 14.8. The number of aryl methyl sites for hydroxylation is 1. The van der Waals surface area contributed by atoms with Gasteiger partial charge in [-0.15, -0.1) is 0 Å². The van der Waals surface area contributed by atoms with Gasteiger partial charge in [-0.25, -0.2) is 0 Å². The highest BCUT2D eigenvalue weighted by Gasteiger charge is 2.24. The molecule has 1 saturated heterocycles. The summed E-state index contributed by atoms with van der Waals surface area (Å²) in [6.45, 7) is 4.72. The van der Waals surface area contributed by atoms with E-state index in [4.69, 9.17) is 16.3 Å². The van der Waals surface area contributed by atoms with Crippen molar-refractivity contribution in [1.82, 2.24) is 9.80 Å². The van der Waals surface area contributed by atoms with Crippen LogP contribution in [0.25, 0.3) is 0 Å². The number of piperazine rings is 1. The van der Waals surface area contributed by atoms with Crippen molar-refractivity contribution < 1.29 is 14.3 Å². The van der Waals surface area contributed by atoms with Crippen LogP contribution in [0.3, 0.4) is 0 Å². The smallest absolute Gasteiger partial charge is 0.254 e. The van der Waals surface area contributed by atoms with Crippen LogP contribution in [0.5, 0.6) is 5.75 Å². The van der Waals surface area contributed by atoms with Crippen LogP contribution in [-0.4, -0.2) is 54.4 Å². The van der Waals surface area contributed by atoms with Crippen molar-refractivity contribution in [3.8, 4) is 5.75 Å². The molecule has 28 heavy (non-hydrogen) atoms. The second kappa shape index (κ2) is 9.60. The van der Waals surface area contributed by atoms with Crippen LogP contribution in [0.4, 0.5) is 0 Å². The molecule has 0 saturated carbocycles. The molecule has 0 bridgehead atoms. The van der Waals surface area contributed by atoms with E-state index in [-0.39, 0.29) is 11.8 Å². The highest BCUT2D eigenvalue weighted by atomic mass is 35.5. The number of benzene rings is 2. The van der Waals surface area contributed by atoms with Crippen molar-refractivity contribution in [1.29, 1.82) is 0 Å². The lowest BCUT2D eigenvalue weighted by molar-refractivity contribution is -0.132. The summed E-state index contributed by atoms with van der Waals surface area (Å²) in [5.41, 5.74) is 1.68. The number of ether oxygens (including phenoxy) is 1. The fourth-order valence-corrected chi connectivity index (χ4v) is 3.44. The van der Waals surface area contributed by atoms with Gasteiger partial charge < -0.3 is 14.5 Å². The van der Waals surface area contributed by atoms with Gasteiger partial charge in [-0.05, 0) is 43.2 Å². The van der Waals surface area contributed by atoms with Gasteiger partial charge in [-0.1, -0.05) is 35.9 Å². The first kappa shape index (κ1) is 20.2. The summed E-state index contributed by atoms with van der Waals surface area (Å²) in [4.78, 5) is 28.6. The number of para-hydroxylation sites is 1. The summed E-state index contributed by atoms with van der Waals surface area (Å²) in [6.07, 6.45) is 1.13. The second-order valence-electron chi connectivity index (χ2n) is 6.90. The summed E-state index contributed by atoms with van der Waals surface area (Å²) in [7, 11) is 0. The molecular formula is C22H25ClN2O3. The molecule has 1 fully saturated rings. The molecule has 0 aliphatic carbocycles. The Balaban J connectivity index is 1.40. The van der Waals surface area contributed by atoms with Crippen molar-refractivity contribution in [2.45, 2.75) is 19.8 Å². The molecule has 1 heterocycles. The van der Waals surface area contributed by atoms with Gasteiger partial charge in [0.1, 0.15) is 5.75 Å². The van der Waals surface area contributed by atoms with Gasteiger partial charge in [0.2, 0.25) is 5.91 Å². The van der Waals surface area contributed by atoms with Crippen molar-refractivity contribution in [3.63, 3.8) is 0 Å². The predicted molar refractivity (Wildman–Crippen MR) is 110 cm³/mol. The lowest BCUT2D eigenvalue weighted by Crippen LogP contribution is -2.50. The minimum Gasteiger partial charge on any atom is -0.493 e. The molecule has 0 aromatic heterocycles. The molecule has 0 atom stereocenters. The number of halogens is 1. The molecule has 1 aliphatic heterocycles. The van der Waals surface area contributed by atoms with Gasteiger partial charge in [0.15, 0.2) is 0 Å². The minimum absolute atomic E-state index is 0.0405. The average Bonchev–Trinajstić information content (AvgIpc) is 2.72. The van der Waals surface area contributed by atoms with Crippen LogP contribution in [0.15, 0.2) is 48.5 Å². The van der Waals surface area contributed by atoms with Crippen LogP contribution in [0.2, 0.25) is 5.02 Å². The molecule has 5 nitrogen and oxygen atoms in total. The van der Waals surface area contributed by atoms with Crippen molar-refractivity contribution >= 4 is 23.4 Å². The molecule has 6 heteroatoms. The van der Waals surface area contributed by atoms with E-state index in [1.165, 1.54) is 0 Å². The number of hydrogen-bond acceptors (Lipinski definition) is 3. The summed E-state index contributed by atoms with van der Waals surface area (Å²) in [5.74, 6) is 0.938. The number of amides is 2. The Morgan fingerprint density at radius 2 is 1.71 bits per heavy atom. The fraction of sp³-hybridized carbons (Fsp3) is 0.364. The Bertz CT molecular complexity index is 832. The lowest BCUT2D eigenvalue weighted by Gasteiger charge is -2.35. The van der Waals surface area contributed by atoms with E-state index in [0.29, 0.717) is 56.2 Å². The van der Waals surface area contributed by atoms with Gasteiger partial charge in [0.25, 0.3) is 5.91 Å². The molecule has 1 aliphatic rings. The highest BCUT2D eigenvalue weighted by molar-refractivity contribution is 6.30.